The summed E-state index contributed by atoms with van der Waals surface area (Å²) in [5, 5.41) is 4.48. The van der Waals surface area contributed by atoms with Crippen molar-refractivity contribution in [1.82, 2.24) is 9.97 Å². The van der Waals surface area contributed by atoms with Crippen LogP contribution in [0.15, 0.2) is 77.6 Å². The number of alkyl halides is 3. The molecule has 0 fully saturated rings. The van der Waals surface area contributed by atoms with E-state index in [1.807, 2.05) is 30.3 Å². The normalized spacial score (nSPS) is 11.7. The summed E-state index contributed by atoms with van der Waals surface area (Å²) in [7, 11) is 0. The maximum atomic E-state index is 12.3. The fourth-order valence-corrected chi connectivity index (χ4v) is 4.79. The summed E-state index contributed by atoms with van der Waals surface area (Å²) in [6.45, 7) is 2.80. The molecule has 0 bridgehead atoms. The number of rotatable bonds is 8. The van der Waals surface area contributed by atoms with E-state index in [0.717, 1.165) is 52.1 Å². The summed E-state index contributed by atoms with van der Waals surface area (Å²) in [5.74, 6) is 1.22. The first kappa shape index (κ1) is 23.9. The lowest BCUT2D eigenvalue weighted by atomic mass is 10.0. The molecule has 0 unspecified atom stereocenters. The number of benzene rings is 2. The zero-order valence-corrected chi connectivity index (χ0v) is 20.1. The van der Waals surface area contributed by atoms with Crippen molar-refractivity contribution in [2.45, 2.75) is 26.1 Å². The number of fused-ring (bicyclic) bond motifs is 1. The van der Waals surface area contributed by atoms with E-state index in [9.17, 15) is 13.2 Å². The smallest absolute Gasteiger partial charge is 0.472 e. The monoisotopic (exact) mass is 509 g/mol. The molecule has 36 heavy (non-hydrogen) atoms. The summed E-state index contributed by atoms with van der Waals surface area (Å²) in [6.07, 6.45) is 0.329. The van der Waals surface area contributed by atoms with Crippen molar-refractivity contribution in [2.24, 2.45) is 0 Å². The Labute approximate surface area is 209 Å². The van der Waals surface area contributed by atoms with Gasteiger partial charge in [0.05, 0.1) is 17.2 Å². The van der Waals surface area contributed by atoms with Crippen molar-refractivity contribution in [3.63, 3.8) is 0 Å². The number of nitrogens with one attached hydrogen (secondary N) is 1. The minimum Gasteiger partial charge on any atom is -0.472 e. The summed E-state index contributed by atoms with van der Waals surface area (Å²) >= 11 is 1.64. The van der Waals surface area contributed by atoms with Gasteiger partial charge in [-0.1, -0.05) is 36.4 Å². The predicted octanol–water partition coefficient (Wildman–Crippen LogP) is 7.87. The molecule has 0 aliphatic carbocycles. The van der Waals surface area contributed by atoms with Gasteiger partial charge in [-0.2, -0.15) is 0 Å². The Morgan fingerprint density at radius 2 is 1.67 bits per heavy atom. The highest BCUT2D eigenvalue weighted by molar-refractivity contribution is 7.18. The van der Waals surface area contributed by atoms with Crippen LogP contribution in [0.3, 0.4) is 0 Å². The fraction of sp³-hybridized carbons (Fsp3) is 0.185. The molecule has 0 aliphatic heterocycles. The number of aryl methyl sites for hydroxylation is 2. The zero-order valence-electron chi connectivity index (χ0n) is 19.3. The Morgan fingerprint density at radius 1 is 0.944 bits per heavy atom. The average molecular weight is 510 g/mol. The SMILES string of the molecule is Cc1cc2c(NCCCc3ccc(-c4ccc(OC(F)(F)F)cc4)cc3)nc(-c3ccoc3)nc2s1. The van der Waals surface area contributed by atoms with Crippen LogP contribution in [-0.4, -0.2) is 22.9 Å². The van der Waals surface area contributed by atoms with Crippen LogP contribution in [0.5, 0.6) is 5.75 Å². The highest BCUT2D eigenvalue weighted by Crippen LogP contribution is 2.31. The molecule has 184 valence electrons. The summed E-state index contributed by atoms with van der Waals surface area (Å²) in [4.78, 5) is 11.5. The quantitative estimate of drug-likeness (QED) is 0.216. The molecule has 3 aromatic heterocycles. The van der Waals surface area contributed by atoms with Crippen LogP contribution in [0.25, 0.3) is 32.7 Å². The third-order valence-corrected chi connectivity index (χ3v) is 6.55. The number of halogens is 3. The first-order valence-corrected chi connectivity index (χ1v) is 12.2. The molecule has 0 spiro atoms. The van der Waals surface area contributed by atoms with Gasteiger partial charge >= 0.3 is 6.36 Å². The number of aromatic nitrogens is 2. The second kappa shape index (κ2) is 10.0. The van der Waals surface area contributed by atoms with E-state index in [2.05, 4.69) is 28.0 Å². The molecule has 0 amide bonds. The number of nitrogens with zero attached hydrogens (tertiary/aromatic N) is 2. The van der Waals surface area contributed by atoms with Crippen molar-refractivity contribution in [2.75, 3.05) is 11.9 Å². The van der Waals surface area contributed by atoms with E-state index in [1.165, 1.54) is 22.6 Å². The van der Waals surface area contributed by atoms with Crippen LogP contribution >= 0.6 is 11.3 Å². The topological polar surface area (TPSA) is 60.2 Å². The maximum Gasteiger partial charge on any atom is 0.573 e. The number of ether oxygens (including phenoxy) is 1. The van der Waals surface area contributed by atoms with Gasteiger partial charge in [0, 0.05) is 11.4 Å². The van der Waals surface area contributed by atoms with E-state index < -0.39 is 6.36 Å². The third kappa shape index (κ3) is 5.68. The number of hydrogen-bond donors (Lipinski definition) is 1. The number of thiophene rings is 1. The largest absolute Gasteiger partial charge is 0.573 e. The first-order chi connectivity index (χ1) is 17.3. The second-order valence-electron chi connectivity index (χ2n) is 8.28. The summed E-state index contributed by atoms with van der Waals surface area (Å²) in [5.41, 5.74) is 3.77. The number of anilines is 1. The first-order valence-electron chi connectivity index (χ1n) is 11.3. The van der Waals surface area contributed by atoms with Crippen molar-refractivity contribution in [3.05, 3.63) is 83.6 Å². The highest BCUT2D eigenvalue weighted by atomic mass is 32.1. The molecule has 5 rings (SSSR count). The van der Waals surface area contributed by atoms with Crippen LogP contribution in [0, 0.1) is 6.92 Å². The van der Waals surface area contributed by atoms with E-state index in [0.29, 0.717) is 5.82 Å². The Kier molecular flexibility index (Phi) is 6.65. The Balaban J connectivity index is 1.20. The molecule has 2 aromatic carbocycles. The maximum absolute atomic E-state index is 12.3. The van der Waals surface area contributed by atoms with Gasteiger partial charge in [-0.15, -0.1) is 24.5 Å². The number of hydrogen-bond acceptors (Lipinski definition) is 6. The number of furan rings is 1. The molecule has 0 radical (unpaired) electrons. The molecule has 0 saturated heterocycles. The van der Waals surface area contributed by atoms with Gasteiger partial charge in [-0.05, 0) is 60.7 Å². The Bertz CT molecular complexity index is 1450. The average Bonchev–Trinajstić information content (AvgIpc) is 3.51. The van der Waals surface area contributed by atoms with Gasteiger partial charge in [0.2, 0.25) is 0 Å². The van der Waals surface area contributed by atoms with Crippen molar-refractivity contribution >= 4 is 27.4 Å². The van der Waals surface area contributed by atoms with Crippen LogP contribution in [0.1, 0.15) is 16.9 Å². The minimum atomic E-state index is -4.69. The lowest BCUT2D eigenvalue weighted by Gasteiger charge is -2.10. The van der Waals surface area contributed by atoms with E-state index in [4.69, 9.17) is 9.40 Å². The van der Waals surface area contributed by atoms with Gasteiger partial charge in [0.25, 0.3) is 0 Å². The van der Waals surface area contributed by atoms with Gasteiger partial charge in [-0.3, -0.25) is 0 Å². The molecular weight excluding hydrogens is 487 g/mol. The zero-order chi connectivity index (χ0) is 25.1. The molecule has 9 heteroatoms. The standard InChI is InChI=1S/C27H22F3N3O2S/c1-17-15-23-25(32-24(33-26(23)36-17)21-12-14-34-16-21)31-13-2-3-18-4-6-19(7-5-18)20-8-10-22(11-9-20)35-27(28,29)30/h4-12,14-16H,2-3,13H2,1H3,(H,31,32,33). The lowest BCUT2D eigenvalue weighted by Crippen LogP contribution is -2.16. The van der Waals surface area contributed by atoms with Gasteiger partial charge in [0.1, 0.15) is 22.7 Å². The van der Waals surface area contributed by atoms with Crippen molar-refractivity contribution in [3.8, 4) is 28.3 Å². The fourth-order valence-electron chi connectivity index (χ4n) is 3.91. The van der Waals surface area contributed by atoms with Gasteiger partial charge < -0.3 is 14.5 Å². The molecule has 3 heterocycles. The minimum absolute atomic E-state index is 0.231. The molecule has 0 atom stereocenters. The molecule has 5 nitrogen and oxygen atoms in total. The van der Waals surface area contributed by atoms with E-state index in [1.54, 1.807) is 36.0 Å². The summed E-state index contributed by atoms with van der Waals surface area (Å²) < 4.78 is 46.1. The Hall–Kier alpha value is -3.85. The lowest BCUT2D eigenvalue weighted by molar-refractivity contribution is -0.274. The second-order valence-corrected chi connectivity index (χ2v) is 9.52. The van der Waals surface area contributed by atoms with Crippen LogP contribution < -0.4 is 10.1 Å². The van der Waals surface area contributed by atoms with E-state index >= 15 is 0 Å². The molecular formula is C27H22F3N3O2S. The van der Waals surface area contributed by atoms with Crippen LogP contribution in [-0.2, 0) is 6.42 Å². The van der Waals surface area contributed by atoms with Gasteiger partial charge in [0.15, 0.2) is 5.82 Å². The molecule has 0 saturated carbocycles. The highest BCUT2D eigenvalue weighted by Gasteiger charge is 2.30. The molecule has 1 N–H and O–H groups in total. The predicted molar refractivity (Wildman–Crippen MR) is 135 cm³/mol. The molecule has 0 aliphatic rings. The third-order valence-electron chi connectivity index (χ3n) is 5.61. The van der Waals surface area contributed by atoms with Gasteiger partial charge in [-0.25, -0.2) is 9.97 Å². The Morgan fingerprint density at radius 3 is 2.33 bits per heavy atom. The van der Waals surface area contributed by atoms with Crippen LogP contribution in [0.2, 0.25) is 0 Å². The van der Waals surface area contributed by atoms with E-state index in [-0.39, 0.29) is 5.75 Å². The van der Waals surface area contributed by atoms with Crippen LogP contribution in [0.4, 0.5) is 19.0 Å². The van der Waals surface area contributed by atoms with Crippen molar-refractivity contribution < 1.29 is 22.3 Å². The molecule has 5 aromatic rings. The van der Waals surface area contributed by atoms with Crippen molar-refractivity contribution in [1.29, 1.82) is 0 Å². The summed E-state index contributed by atoms with van der Waals surface area (Å²) in [6, 6.07) is 17.8.